The zero-order valence-corrected chi connectivity index (χ0v) is 14.7. The predicted molar refractivity (Wildman–Crippen MR) is 89.9 cm³/mol. The number of hydrogen-bond acceptors (Lipinski definition) is 1. The molecule has 4 heteroatoms. The summed E-state index contributed by atoms with van der Waals surface area (Å²) in [5.41, 5.74) is 1.93. The molecule has 1 aromatic carbocycles. The summed E-state index contributed by atoms with van der Waals surface area (Å²) in [4.78, 5) is 2.60. The van der Waals surface area contributed by atoms with Crippen molar-refractivity contribution in [3.63, 3.8) is 0 Å². The highest BCUT2D eigenvalue weighted by Gasteiger charge is 2.26. The maximum absolute atomic E-state index is 14.0. The first-order valence-corrected chi connectivity index (χ1v) is 10.9. The third-order valence-electron chi connectivity index (χ3n) is 3.98. The Labute approximate surface area is 130 Å². The lowest BCUT2D eigenvalue weighted by Crippen LogP contribution is -2.46. The van der Waals surface area contributed by atoms with Gasteiger partial charge in [-0.1, -0.05) is 31.6 Å². The van der Waals surface area contributed by atoms with E-state index in [4.69, 9.17) is 0 Å². The van der Waals surface area contributed by atoms with E-state index in [9.17, 15) is 4.39 Å². The first-order valence-electron chi connectivity index (χ1n) is 7.44. The predicted octanol–water partition coefficient (Wildman–Crippen LogP) is 4.37. The Hall–Kier alpha value is -0.383. The molecule has 0 aromatic heterocycles. The molecule has 20 heavy (non-hydrogen) atoms. The molecule has 1 heterocycles. The number of halogens is 2. The minimum Gasteiger partial charge on any atom is -0.306 e. The van der Waals surface area contributed by atoms with E-state index >= 15 is 0 Å². The fraction of sp³-hybridized carbons (Fsp3) is 0.625. The molecule has 1 aromatic rings. The number of rotatable bonds is 4. The molecule has 0 N–H and O–H groups in total. The topological polar surface area (TPSA) is 3.24 Å². The van der Waals surface area contributed by atoms with Gasteiger partial charge in [-0.2, -0.15) is 0 Å². The third-order valence-corrected chi connectivity index (χ3v) is 6.62. The molecule has 114 valence electrons. The molecule has 0 saturated carbocycles. The van der Waals surface area contributed by atoms with Gasteiger partial charge in [0.1, 0.15) is 5.82 Å². The number of likely N-dealkylation sites (tertiary alicyclic amines) is 1. The van der Waals surface area contributed by atoms with Crippen LogP contribution in [0.4, 0.5) is 4.39 Å². The van der Waals surface area contributed by atoms with Crippen molar-refractivity contribution in [2.45, 2.75) is 45.3 Å². The van der Waals surface area contributed by atoms with Gasteiger partial charge in [-0.05, 0) is 62.3 Å². The Bertz CT molecular complexity index is 430. The Morgan fingerprint density at radius 2 is 1.80 bits per heavy atom. The molecule has 0 aliphatic carbocycles. The lowest BCUT2D eigenvalue weighted by molar-refractivity contribution is 0.258. The quantitative estimate of drug-likeness (QED) is 0.746. The highest BCUT2D eigenvalue weighted by molar-refractivity contribution is 6.77. The van der Waals surface area contributed by atoms with Gasteiger partial charge in [0.15, 0.2) is 0 Å². The van der Waals surface area contributed by atoms with Crippen molar-refractivity contribution in [2.24, 2.45) is 0 Å². The van der Waals surface area contributed by atoms with E-state index in [2.05, 4.69) is 18.0 Å². The second-order valence-corrected chi connectivity index (χ2v) is 11.8. The fourth-order valence-electron chi connectivity index (χ4n) is 3.09. The minimum atomic E-state index is -1.39. The minimum absolute atomic E-state index is 0. The van der Waals surface area contributed by atoms with Gasteiger partial charge in [-0.3, -0.25) is 0 Å². The Morgan fingerprint density at radius 1 is 1.15 bits per heavy atom. The summed E-state index contributed by atoms with van der Waals surface area (Å²) in [7, 11) is -1.39. The Morgan fingerprint density at radius 3 is 2.40 bits per heavy atom. The lowest BCUT2D eigenvalue weighted by atomic mass is 10.1. The number of benzene rings is 1. The van der Waals surface area contributed by atoms with Crippen molar-refractivity contribution >= 4 is 20.5 Å². The van der Waals surface area contributed by atoms with E-state index in [0.717, 1.165) is 17.2 Å². The van der Waals surface area contributed by atoms with Gasteiger partial charge >= 0.3 is 0 Å². The van der Waals surface area contributed by atoms with Crippen LogP contribution in [0.3, 0.4) is 0 Å². The molecule has 1 nitrogen and oxygen atoms in total. The van der Waals surface area contributed by atoms with E-state index in [1.165, 1.54) is 38.5 Å². The first kappa shape index (κ1) is 17.7. The lowest BCUT2D eigenvalue weighted by Gasteiger charge is -2.34. The van der Waals surface area contributed by atoms with Gasteiger partial charge in [-0.25, -0.2) is 4.39 Å². The standard InChI is InChI=1S/C16H26FNSi.ClH/c1-14-7-8-15(16(17)11-14)12-19(2,3)13-18-9-5-4-6-10-18;/h7-8,11H,4-6,9-10,12-13H2,1-3H3;1H. The molecule has 2 rings (SSSR count). The van der Waals surface area contributed by atoms with E-state index in [1.807, 2.05) is 19.1 Å². The zero-order chi connectivity index (χ0) is 13.9. The zero-order valence-electron chi connectivity index (χ0n) is 12.9. The van der Waals surface area contributed by atoms with Crippen molar-refractivity contribution in [2.75, 3.05) is 19.3 Å². The highest BCUT2D eigenvalue weighted by Crippen LogP contribution is 2.19. The monoisotopic (exact) mass is 315 g/mol. The van der Waals surface area contributed by atoms with Gasteiger partial charge < -0.3 is 4.90 Å². The smallest absolute Gasteiger partial charge is 0.126 e. The largest absolute Gasteiger partial charge is 0.306 e. The first-order chi connectivity index (χ1) is 8.96. The Kier molecular flexibility index (Phi) is 6.69. The summed E-state index contributed by atoms with van der Waals surface area (Å²) in [6.07, 6.45) is 5.26. The Balaban J connectivity index is 0.00000200. The number of nitrogens with zero attached hydrogens (tertiary/aromatic N) is 1. The van der Waals surface area contributed by atoms with Gasteiger partial charge in [-0.15, -0.1) is 12.4 Å². The van der Waals surface area contributed by atoms with Gasteiger partial charge in [0, 0.05) is 0 Å². The van der Waals surface area contributed by atoms with Gasteiger partial charge in [0.25, 0.3) is 0 Å². The summed E-state index contributed by atoms with van der Waals surface area (Å²) >= 11 is 0. The molecular weight excluding hydrogens is 289 g/mol. The molecule has 0 radical (unpaired) electrons. The molecule has 1 aliphatic heterocycles. The van der Waals surface area contributed by atoms with Crippen LogP contribution in [-0.2, 0) is 6.04 Å². The molecule has 0 amide bonds. The van der Waals surface area contributed by atoms with Crippen molar-refractivity contribution in [1.82, 2.24) is 4.90 Å². The number of aryl methyl sites for hydroxylation is 1. The van der Waals surface area contributed by atoms with E-state index in [-0.39, 0.29) is 18.2 Å². The number of hydrogen-bond donors (Lipinski definition) is 0. The van der Waals surface area contributed by atoms with Crippen molar-refractivity contribution in [1.29, 1.82) is 0 Å². The molecule has 1 aliphatic rings. The second kappa shape index (κ2) is 7.58. The summed E-state index contributed by atoms with van der Waals surface area (Å²) in [6.45, 7) is 9.21. The summed E-state index contributed by atoms with van der Waals surface area (Å²) in [5.74, 6) is -0.0146. The van der Waals surface area contributed by atoms with Crippen LogP contribution in [0.5, 0.6) is 0 Å². The van der Waals surface area contributed by atoms with Crippen LogP contribution in [0.15, 0.2) is 18.2 Å². The fourth-order valence-corrected chi connectivity index (χ4v) is 6.05. The average Bonchev–Trinajstić information content (AvgIpc) is 2.33. The van der Waals surface area contributed by atoms with E-state index in [1.54, 1.807) is 6.07 Å². The van der Waals surface area contributed by atoms with Crippen LogP contribution in [0.1, 0.15) is 30.4 Å². The maximum Gasteiger partial charge on any atom is 0.126 e. The van der Waals surface area contributed by atoms with Gasteiger partial charge in [0.05, 0.1) is 8.07 Å². The van der Waals surface area contributed by atoms with Crippen LogP contribution in [-0.4, -0.2) is 32.2 Å². The van der Waals surface area contributed by atoms with Crippen LogP contribution in [0.25, 0.3) is 0 Å². The van der Waals surface area contributed by atoms with Gasteiger partial charge in [0.2, 0.25) is 0 Å². The highest BCUT2D eigenvalue weighted by atomic mass is 35.5. The van der Waals surface area contributed by atoms with Crippen LogP contribution in [0.2, 0.25) is 13.1 Å². The van der Waals surface area contributed by atoms with E-state index < -0.39 is 8.07 Å². The average molecular weight is 316 g/mol. The molecule has 1 saturated heterocycles. The molecule has 0 unspecified atom stereocenters. The summed E-state index contributed by atoms with van der Waals surface area (Å²) in [5, 5.41) is 0. The SMILES string of the molecule is Cc1ccc(C[Si](C)(C)CN2CCCCC2)c(F)c1.Cl. The summed E-state index contributed by atoms with van der Waals surface area (Å²) < 4.78 is 14.0. The molecule has 0 bridgehead atoms. The van der Waals surface area contributed by atoms with E-state index in [0.29, 0.717) is 0 Å². The second-order valence-electron chi connectivity index (χ2n) is 6.77. The molecular formula is C16H27ClFNSi. The van der Waals surface area contributed by atoms with Crippen molar-refractivity contribution < 1.29 is 4.39 Å². The molecule has 0 atom stereocenters. The van der Waals surface area contributed by atoms with Crippen LogP contribution < -0.4 is 0 Å². The van der Waals surface area contributed by atoms with Crippen LogP contribution >= 0.6 is 12.4 Å². The normalized spacial score (nSPS) is 16.8. The van der Waals surface area contributed by atoms with Crippen molar-refractivity contribution in [3.05, 3.63) is 35.1 Å². The molecule has 0 spiro atoms. The van der Waals surface area contributed by atoms with Crippen LogP contribution in [0, 0.1) is 12.7 Å². The number of piperidine rings is 1. The third kappa shape index (κ3) is 5.19. The van der Waals surface area contributed by atoms with Crippen molar-refractivity contribution in [3.8, 4) is 0 Å². The maximum atomic E-state index is 14.0. The molecule has 1 fully saturated rings. The summed E-state index contributed by atoms with van der Waals surface area (Å²) in [6, 6.07) is 6.63.